The Morgan fingerprint density at radius 1 is 1.22 bits per heavy atom. The van der Waals surface area contributed by atoms with Crippen molar-refractivity contribution >= 4 is 39.8 Å². The molecule has 0 bridgehead atoms. The summed E-state index contributed by atoms with van der Waals surface area (Å²) < 4.78 is 4.20. The third kappa shape index (κ3) is 42.4. The maximum atomic E-state index is 4.98. The maximum Gasteiger partial charge on any atom is -1.00 e. The molecule has 1 nitrogen and oxygen atoms in total. The Bertz CT molecular complexity index is 29.8. The van der Waals surface area contributed by atoms with Gasteiger partial charge in [-0.2, -0.15) is 0 Å². The topological polar surface area (TPSA) is 9.23 Å². The van der Waals surface area contributed by atoms with Gasteiger partial charge in [-0.25, -0.2) is 0 Å². The largest absolute Gasteiger partial charge is 1.00 e. The summed E-state index contributed by atoms with van der Waals surface area (Å²) in [5.41, 5.74) is 0. The Hall–Kier alpha value is 1.65. The Labute approximate surface area is 87.0 Å². The molecule has 56 valence electrons. The number of halogens is 4. The summed E-state index contributed by atoms with van der Waals surface area (Å²) in [6.45, 7) is 4.00. The molecule has 0 heterocycles. The smallest absolute Gasteiger partial charge is 1.00 e. The van der Waals surface area contributed by atoms with Crippen LogP contribution in [0, 0.1) is 0 Å². The van der Waals surface area contributed by atoms with E-state index in [0.29, 0.717) is 0 Å². The second kappa shape index (κ2) is 22.6. The summed E-state index contributed by atoms with van der Waals surface area (Å²) in [6, 6.07) is 0. The second-order valence-corrected chi connectivity index (χ2v) is 1.69. The number of hydrogen-bond donors (Lipinski definition) is 0. The summed E-state index contributed by atoms with van der Waals surface area (Å²) in [7, 11) is 0. The Morgan fingerprint density at radius 3 is 1.33 bits per heavy atom. The zero-order chi connectivity index (χ0) is 6.28. The van der Waals surface area contributed by atoms with Gasteiger partial charge in [0.05, 0.1) is 0 Å². The summed E-state index contributed by atoms with van der Waals surface area (Å²) in [5.74, 6) is 0. The molecule has 0 saturated heterocycles. The van der Waals surface area contributed by atoms with Crippen molar-refractivity contribution in [2.45, 2.75) is 18.9 Å². The van der Waals surface area contributed by atoms with Crippen LogP contribution in [0.1, 0.15) is 13.8 Å². The van der Waals surface area contributed by atoms with Crippen LogP contribution in [-0.2, 0) is 3.79 Å². The molecule has 0 fully saturated rings. The minimum absolute atomic E-state index is 0. The van der Waals surface area contributed by atoms with Crippen molar-refractivity contribution in [1.29, 1.82) is 0 Å². The van der Waals surface area contributed by atoms with E-state index >= 15 is 0 Å². The van der Waals surface area contributed by atoms with Gasteiger partial charge in [0.25, 0.3) is 0 Å². The average molecular weight is 228 g/mol. The molecule has 0 aliphatic rings. The van der Waals surface area contributed by atoms with E-state index in [4.69, 9.17) is 23.2 Å². The first kappa shape index (κ1) is 22.4. The average Bonchev–Trinajstić information content (AvgIpc) is 1.73. The van der Waals surface area contributed by atoms with Crippen molar-refractivity contribution in [3.8, 4) is 0 Å². The normalized spacial score (nSPS) is 6.11. The molecule has 0 N–H and O–H groups in total. The third-order valence-electron chi connectivity index (χ3n) is 0.103. The molecule has 0 atom stereocenters. The minimum Gasteiger partial charge on any atom is -1.00 e. The van der Waals surface area contributed by atoms with E-state index in [1.54, 1.807) is 0 Å². The van der Waals surface area contributed by atoms with Crippen LogP contribution in [0.2, 0.25) is 0 Å². The van der Waals surface area contributed by atoms with E-state index in [-0.39, 0.29) is 24.8 Å². The van der Waals surface area contributed by atoms with Crippen molar-refractivity contribution in [3.63, 3.8) is 0 Å². The van der Waals surface area contributed by atoms with Crippen molar-refractivity contribution in [3.05, 3.63) is 0 Å². The van der Waals surface area contributed by atoms with Crippen LogP contribution in [0.3, 0.4) is 0 Å². The Balaban J connectivity index is -0.0000000286. The first-order chi connectivity index (χ1) is 3.27. The fraction of sp³-hybridized carbons (Fsp3) is 1.00. The van der Waals surface area contributed by atoms with Crippen LogP contribution in [0.5, 0.6) is 0 Å². The Morgan fingerprint density at radius 2 is 1.33 bits per heavy atom. The molecule has 0 saturated carbocycles. The summed E-state index contributed by atoms with van der Waals surface area (Å²) in [4.78, 5) is 0. The van der Waals surface area contributed by atoms with Crippen molar-refractivity contribution in [1.82, 2.24) is 0 Å². The molecule has 9 heavy (non-hydrogen) atoms. The first-order valence-corrected chi connectivity index (χ1v) is 3.25. The van der Waals surface area contributed by atoms with Gasteiger partial charge in [-0.15, -0.1) is 0 Å². The second-order valence-electron chi connectivity index (χ2n) is 0.397. The quantitative estimate of drug-likeness (QED) is 0.327. The fourth-order valence-corrected chi connectivity index (χ4v) is 0. The van der Waals surface area contributed by atoms with Crippen LogP contribution >= 0.6 is 23.2 Å². The van der Waals surface area contributed by atoms with E-state index in [1.165, 1.54) is 0 Å². The summed E-state index contributed by atoms with van der Waals surface area (Å²) >= 11 is 11.9. The van der Waals surface area contributed by atoms with Crippen molar-refractivity contribution in [2.24, 2.45) is 0 Å². The predicted octanol–water partition coefficient (Wildman–Crippen LogP) is -4.12. The molecule has 0 aliphatic carbocycles. The van der Waals surface area contributed by atoms with Gasteiger partial charge in [0.2, 0.25) is 0 Å². The SMILES string of the molecule is CC.[Al+2][O]C(Cl)Cl.[Cl-].[Cl-]. The van der Waals surface area contributed by atoms with Gasteiger partial charge in [0.15, 0.2) is 0 Å². The van der Waals surface area contributed by atoms with Gasteiger partial charge in [-0.1, -0.05) is 13.8 Å². The molecule has 0 rings (SSSR count). The van der Waals surface area contributed by atoms with E-state index < -0.39 is 5.02 Å². The van der Waals surface area contributed by atoms with Crippen LogP contribution in [0.4, 0.5) is 0 Å². The number of rotatable bonds is 1. The predicted molar refractivity (Wildman–Crippen MR) is 33.7 cm³/mol. The van der Waals surface area contributed by atoms with Crippen molar-refractivity contribution < 1.29 is 28.6 Å². The summed E-state index contributed by atoms with van der Waals surface area (Å²) in [6.07, 6.45) is 0. The maximum absolute atomic E-state index is 4.98. The monoisotopic (exact) mass is 226 g/mol. The van der Waals surface area contributed by atoms with Crippen LogP contribution in [0.15, 0.2) is 0 Å². The molecule has 0 aromatic rings. The number of alkyl halides is 2. The molecule has 0 unspecified atom stereocenters. The standard InChI is InChI=1S/C2H6.CHCl2O.Al.2ClH/c1-2;2-1(3)4;;;/h1-2H3;1H;;2*1H/q;-1;+3;;/p-2. The van der Waals surface area contributed by atoms with Gasteiger partial charge in [0.1, 0.15) is 0 Å². The molecule has 0 amide bonds. The zero-order valence-electron chi connectivity index (χ0n) is 5.07. The molecule has 0 radical (unpaired) electrons. The van der Waals surface area contributed by atoms with Gasteiger partial charge in [0, 0.05) is 0 Å². The van der Waals surface area contributed by atoms with Gasteiger partial charge in [-0.05, 0) is 0 Å². The molecule has 0 spiro atoms. The number of hydrogen-bond acceptors (Lipinski definition) is 1. The van der Waals surface area contributed by atoms with E-state index in [9.17, 15) is 0 Å². The molecular weight excluding hydrogens is 221 g/mol. The molecule has 0 aromatic heterocycles. The summed E-state index contributed by atoms with van der Waals surface area (Å²) in [5, 5.41) is -0.708. The van der Waals surface area contributed by atoms with E-state index in [0.717, 1.165) is 0 Å². The Kier molecular flexibility index (Phi) is 56.4. The fourth-order valence-electron chi connectivity index (χ4n) is 0. The van der Waals surface area contributed by atoms with Gasteiger partial charge in [-0.3, -0.25) is 0 Å². The first-order valence-electron chi connectivity index (χ1n) is 1.91. The van der Waals surface area contributed by atoms with Gasteiger partial charge < -0.3 is 24.8 Å². The van der Waals surface area contributed by atoms with E-state index in [1.807, 2.05) is 30.5 Å². The van der Waals surface area contributed by atoms with Gasteiger partial charge >= 0.3 is 48.6 Å². The molecule has 6 heteroatoms. The molecule has 0 aliphatic heterocycles. The van der Waals surface area contributed by atoms with E-state index in [2.05, 4.69) is 3.79 Å². The minimum atomic E-state index is -0.708. The van der Waals surface area contributed by atoms with Crippen LogP contribution in [0.25, 0.3) is 0 Å². The zero-order valence-corrected chi connectivity index (χ0v) is 9.25. The third-order valence-corrected chi connectivity index (χ3v) is 0.926. The van der Waals surface area contributed by atoms with Crippen LogP contribution in [-0.4, -0.2) is 21.6 Å². The molecule has 0 aromatic carbocycles. The van der Waals surface area contributed by atoms with Crippen molar-refractivity contribution in [2.75, 3.05) is 0 Å². The molecular formula is C3H7AlCl4O. The van der Waals surface area contributed by atoms with Crippen LogP contribution < -0.4 is 24.8 Å².